The largest absolute Gasteiger partial charge is 0.363 e. The molecule has 0 atom stereocenters. The number of aromatic nitrogens is 3. The van der Waals surface area contributed by atoms with Crippen molar-refractivity contribution < 1.29 is 4.79 Å². The van der Waals surface area contributed by atoms with E-state index in [2.05, 4.69) is 17.0 Å². The molecule has 1 heterocycles. The summed E-state index contributed by atoms with van der Waals surface area (Å²) in [5.41, 5.74) is 5.05. The highest BCUT2D eigenvalue weighted by atomic mass is 16.1. The Bertz CT molecular complexity index is 340. The smallest absolute Gasteiger partial charge is 0.288 e. The van der Waals surface area contributed by atoms with Crippen LogP contribution in [0.5, 0.6) is 0 Å². The van der Waals surface area contributed by atoms with E-state index >= 15 is 0 Å². The Kier molecular flexibility index (Phi) is 2.23. The van der Waals surface area contributed by atoms with Crippen LogP contribution in [0, 0.1) is 11.8 Å². The van der Waals surface area contributed by atoms with Gasteiger partial charge < -0.3 is 5.73 Å². The molecule has 0 spiro atoms. The molecule has 0 aromatic carbocycles. The Hall–Kier alpha value is -1.39. The van der Waals surface area contributed by atoms with Crippen molar-refractivity contribution in [3.63, 3.8) is 0 Å². The first kappa shape index (κ1) is 9.18. The minimum Gasteiger partial charge on any atom is -0.363 e. The molecule has 1 aliphatic rings. The van der Waals surface area contributed by atoms with Gasteiger partial charge in [0.25, 0.3) is 5.91 Å². The number of carbonyl (C=O) groups excluding carboxylic acids is 1. The molecule has 1 aromatic rings. The molecule has 5 nitrogen and oxygen atoms in total. The maximum atomic E-state index is 10.7. The number of nitrogens with two attached hydrogens (primary N) is 1. The zero-order valence-corrected chi connectivity index (χ0v) is 8.18. The van der Waals surface area contributed by atoms with E-state index in [-0.39, 0.29) is 5.82 Å². The van der Waals surface area contributed by atoms with Crippen LogP contribution < -0.4 is 5.73 Å². The first-order chi connectivity index (χ1) is 6.65. The Morgan fingerprint density at radius 2 is 2.43 bits per heavy atom. The molecular weight excluding hydrogens is 180 g/mol. The second kappa shape index (κ2) is 3.40. The predicted molar refractivity (Wildman–Crippen MR) is 50.4 cm³/mol. The monoisotopic (exact) mass is 194 g/mol. The van der Waals surface area contributed by atoms with Crippen molar-refractivity contribution in [2.45, 2.75) is 26.3 Å². The summed E-state index contributed by atoms with van der Waals surface area (Å²) in [5, 5.41) is 3.99. The molecule has 0 radical (unpaired) electrons. The van der Waals surface area contributed by atoms with E-state index in [1.165, 1.54) is 12.8 Å². The van der Waals surface area contributed by atoms with Gasteiger partial charge in [0.15, 0.2) is 0 Å². The summed E-state index contributed by atoms with van der Waals surface area (Å²) in [7, 11) is 0. The van der Waals surface area contributed by atoms with Gasteiger partial charge in [-0.3, -0.25) is 9.48 Å². The highest BCUT2D eigenvalue weighted by Crippen LogP contribution is 2.33. The maximum Gasteiger partial charge on any atom is 0.288 e. The summed E-state index contributed by atoms with van der Waals surface area (Å²) < 4.78 is 1.70. The highest BCUT2D eigenvalue weighted by Gasteiger charge is 2.25. The van der Waals surface area contributed by atoms with Crippen LogP contribution in [0.1, 0.15) is 30.4 Å². The lowest BCUT2D eigenvalue weighted by Crippen LogP contribution is -2.25. The van der Waals surface area contributed by atoms with Gasteiger partial charge in [0.05, 0.1) is 0 Å². The van der Waals surface area contributed by atoms with Crippen molar-refractivity contribution in [3.05, 3.63) is 12.2 Å². The van der Waals surface area contributed by atoms with Crippen molar-refractivity contribution in [1.29, 1.82) is 0 Å². The number of amides is 1. The fourth-order valence-electron chi connectivity index (χ4n) is 1.98. The van der Waals surface area contributed by atoms with Crippen LogP contribution in [-0.2, 0) is 6.54 Å². The van der Waals surface area contributed by atoms with E-state index in [1.54, 1.807) is 11.0 Å². The molecule has 0 saturated heterocycles. The summed E-state index contributed by atoms with van der Waals surface area (Å²) in [6, 6.07) is 0. The number of hydrogen-bond donors (Lipinski definition) is 1. The lowest BCUT2D eigenvalue weighted by Gasteiger charge is -2.32. The van der Waals surface area contributed by atoms with Crippen molar-refractivity contribution in [1.82, 2.24) is 14.8 Å². The summed E-state index contributed by atoms with van der Waals surface area (Å²) in [4.78, 5) is 14.5. The van der Waals surface area contributed by atoms with Crippen LogP contribution in [0.3, 0.4) is 0 Å². The molecule has 5 heteroatoms. The van der Waals surface area contributed by atoms with Crippen molar-refractivity contribution in [2.24, 2.45) is 17.6 Å². The standard InChI is InChI=1S/C9H14N4O/c1-6-2-7(3-6)4-13-5-11-9(12-13)8(10)14/h5-7H,2-4H2,1H3,(H2,10,14). The number of rotatable bonds is 3. The third kappa shape index (κ3) is 1.76. The summed E-state index contributed by atoms with van der Waals surface area (Å²) >= 11 is 0. The zero-order chi connectivity index (χ0) is 10.1. The second-order valence-electron chi connectivity index (χ2n) is 4.10. The fourth-order valence-corrected chi connectivity index (χ4v) is 1.98. The molecule has 1 fully saturated rings. The van der Waals surface area contributed by atoms with Crippen molar-refractivity contribution in [3.8, 4) is 0 Å². The molecule has 0 bridgehead atoms. The molecule has 14 heavy (non-hydrogen) atoms. The number of primary amides is 1. The molecule has 2 rings (SSSR count). The van der Waals surface area contributed by atoms with Crippen LogP contribution in [0.15, 0.2) is 6.33 Å². The normalized spacial score (nSPS) is 25.8. The topological polar surface area (TPSA) is 73.8 Å². The second-order valence-corrected chi connectivity index (χ2v) is 4.10. The molecule has 76 valence electrons. The van der Waals surface area contributed by atoms with Crippen LogP contribution >= 0.6 is 0 Å². The van der Waals surface area contributed by atoms with E-state index < -0.39 is 5.91 Å². The van der Waals surface area contributed by atoms with Gasteiger partial charge in [-0.25, -0.2) is 4.98 Å². The number of hydrogen-bond acceptors (Lipinski definition) is 3. The van der Waals surface area contributed by atoms with Gasteiger partial charge in [-0.05, 0) is 24.7 Å². The average Bonchev–Trinajstić information content (AvgIpc) is 2.50. The SMILES string of the molecule is CC1CC(Cn2cnc(C(N)=O)n2)C1. The first-order valence-electron chi connectivity index (χ1n) is 4.84. The summed E-state index contributed by atoms with van der Waals surface area (Å²) in [6.45, 7) is 3.09. The van der Waals surface area contributed by atoms with E-state index in [9.17, 15) is 4.79 Å². The Morgan fingerprint density at radius 1 is 1.71 bits per heavy atom. The maximum absolute atomic E-state index is 10.7. The summed E-state index contributed by atoms with van der Waals surface area (Å²) in [6.07, 6.45) is 4.06. The Balaban J connectivity index is 1.93. The third-order valence-corrected chi connectivity index (χ3v) is 2.67. The van der Waals surface area contributed by atoms with Gasteiger partial charge in [0.2, 0.25) is 5.82 Å². The molecule has 1 aliphatic carbocycles. The fraction of sp³-hybridized carbons (Fsp3) is 0.667. The molecule has 1 amide bonds. The van der Waals surface area contributed by atoms with E-state index in [4.69, 9.17) is 5.73 Å². The quantitative estimate of drug-likeness (QED) is 0.758. The Morgan fingerprint density at radius 3 is 2.93 bits per heavy atom. The molecular formula is C9H14N4O. The van der Waals surface area contributed by atoms with E-state index in [0.29, 0.717) is 5.92 Å². The number of carbonyl (C=O) groups is 1. The average molecular weight is 194 g/mol. The minimum atomic E-state index is -0.564. The van der Waals surface area contributed by atoms with Gasteiger partial charge in [0.1, 0.15) is 6.33 Å². The number of nitrogens with zero attached hydrogens (tertiary/aromatic N) is 3. The molecule has 2 N–H and O–H groups in total. The van der Waals surface area contributed by atoms with Gasteiger partial charge in [-0.2, -0.15) is 0 Å². The summed E-state index contributed by atoms with van der Waals surface area (Å²) in [5.74, 6) is 1.06. The van der Waals surface area contributed by atoms with Gasteiger partial charge >= 0.3 is 0 Å². The van der Waals surface area contributed by atoms with Crippen LogP contribution in [0.4, 0.5) is 0 Å². The zero-order valence-electron chi connectivity index (χ0n) is 8.18. The molecule has 1 aromatic heterocycles. The lowest BCUT2D eigenvalue weighted by atomic mass is 9.76. The van der Waals surface area contributed by atoms with Crippen LogP contribution in [0.25, 0.3) is 0 Å². The Labute approximate surface area is 82.3 Å². The lowest BCUT2D eigenvalue weighted by molar-refractivity contribution is 0.0989. The molecule has 0 unspecified atom stereocenters. The predicted octanol–water partition coefficient (Wildman–Crippen LogP) is 0.423. The van der Waals surface area contributed by atoms with Gasteiger partial charge in [0, 0.05) is 6.54 Å². The van der Waals surface area contributed by atoms with Crippen molar-refractivity contribution >= 4 is 5.91 Å². The van der Waals surface area contributed by atoms with Crippen molar-refractivity contribution in [2.75, 3.05) is 0 Å². The van der Waals surface area contributed by atoms with Crippen LogP contribution in [-0.4, -0.2) is 20.7 Å². The molecule has 0 aliphatic heterocycles. The van der Waals surface area contributed by atoms with Crippen LogP contribution in [0.2, 0.25) is 0 Å². The minimum absolute atomic E-state index is 0.109. The van der Waals surface area contributed by atoms with E-state index in [0.717, 1.165) is 12.5 Å². The molecule has 1 saturated carbocycles. The van der Waals surface area contributed by atoms with Gasteiger partial charge in [-0.15, -0.1) is 5.10 Å². The third-order valence-electron chi connectivity index (χ3n) is 2.67. The van der Waals surface area contributed by atoms with E-state index in [1.807, 2.05) is 0 Å². The first-order valence-corrected chi connectivity index (χ1v) is 4.84. The van der Waals surface area contributed by atoms with Gasteiger partial charge in [-0.1, -0.05) is 6.92 Å². The highest BCUT2D eigenvalue weighted by molar-refractivity contribution is 5.88.